The number of aryl methyl sites for hydroxylation is 1. The van der Waals surface area contributed by atoms with Crippen LogP contribution < -0.4 is 5.73 Å². The van der Waals surface area contributed by atoms with Crippen LogP contribution in [0.25, 0.3) is 0 Å². The summed E-state index contributed by atoms with van der Waals surface area (Å²) in [4.78, 5) is 8.95. The molecular weight excluding hydrogens is 214 g/mol. The number of nitrogens with zero attached hydrogens (tertiary/aromatic N) is 2. The van der Waals surface area contributed by atoms with E-state index >= 15 is 0 Å². The highest BCUT2D eigenvalue weighted by atomic mass is 16.5. The second-order valence-corrected chi connectivity index (χ2v) is 4.80. The van der Waals surface area contributed by atoms with E-state index in [0.717, 1.165) is 44.7 Å². The van der Waals surface area contributed by atoms with Crippen molar-refractivity contribution in [3.8, 4) is 0 Å². The van der Waals surface area contributed by atoms with E-state index in [-0.39, 0.29) is 6.04 Å². The number of hydrogen-bond acceptors (Lipinski definition) is 4. The van der Waals surface area contributed by atoms with Crippen molar-refractivity contribution >= 4 is 0 Å². The molecular formula is C13H21N3O. The lowest BCUT2D eigenvalue weighted by Crippen LogP contribution is -2.18. The van der Waals surface area contributed by atoms with Crippen LogP contribution in [-0.2, 0) is 11.2 Å². The maximum Gasteiger partial charge on any atom is 0.128 e. The molecule has 1 aliphatic heterocycles. The van der Waals surface area contributed by atoms with Gasteiger partial charge in [0.2, 0.25) is 0 Å². The molecule has 2 heterocycles. The van der Waals surface area contributed by atoms with Crippen molar-refractivity contribution in [2.45, 2.75) is 44.6 Å². The number of nitrogens with two attached hydrogens (primary N) is 1. The van der Waals surface area contributed by atoms with Gasteiger partial charge in [0.05, 0.1) is 0 Å². The summed E-state index contributed by atoms with van der Waals surface area (Å²) in [6, 6.07) is 2.25. The maximum absolute atomic E-state index is 5.75. The van der Waals surface area contributed by atoms with E-state index in [9.17, 15) is 0 Å². The number of hydrogen-bond donors (Lipinski definition) is 1. The Bertz CT molecular complexity index is 348. The fraction of sp³-hybridized carbons (Fsp3) is 0.692. The average Bonchev–Trinajstić information content (AvgIpc) is 2.38. The van der Waals surface area contributed by atoms with Crippen molar-refractivity contribution in [2.24, 2.45) is 5.73 Å². The average molecular weight is 235 g/mol. The molecule has 1 aromatic heterocycles. The standard InChI is InChI=1S/C13H21N3O/c1-10(14)2-3-13-15-7-4-12(16-13)11-5-8-17-9-6-11/h4,7,10-11H,2-3,5-6,8-9,14H2,1H3. The van der Waals surface area contributed by atoms with Gasteiger partial charge in [-0.3, -0.25) is 0 Å². The van der Waals surface area contributed by atoms with Crippen molar-refractivity contribution in [3.05, 3.63) is 23.8 Å². The first kappa shape index (κ1) is 12.5. The third-order valence-electron chi connectivity index (χ3n) is 3.19. The SMILES string of the molecule is CC(N)CCc1nccc(C2CCOCC2)n1. The summed E-state index contributed by atoms with van der Waals surface area (Å²) in [5, 5.41) is 0. The van der Waals surface area contributed by atoms with E-state index in [1.54, 1.807) is 0 Å². The lowest BCUT2D eigenvalue weighted by Gasteiger charge is -2.21. The van der Waals surface area contributed by atoms with Gasteiger partial charge >= 0.3 is 0 Å². The Morgan fingerprint density at radius 1 is 1.47 bits per heavy atom. The van der Waals surface area contributed by atoms with E-state index in [1.165, 1.54) is 5.69 Å². The number of aromatic nitrogens is 2. The molecule has 1 atom stereocenters. The number of ether oxygens (including phenoxy) is 1. The van der Waals surface area contributed by atoms with Gasteiger partial charge in [0.15, 0.2) is 0 Å². The van der Waals surface area contributed by atoms with E-state index in [1.807, 2.05) is 19.2 Å². The summed E-state index contributed by atoms with van der Waals surface area (Å²) in [5.74, 6) is 1.46. The van der Waals surface area contributed by atoms with Gasteiger partial charge in [0.1, 0.15) is 5.82 Å². The molecule has 0 amide bonds. The lowest BCUT2D eigenvalue weighted by atomic mass is 9.96. The van der Waals surface area contributed by atoms with Gasteiger partial charge in [0.25, 0.3) is 0 Å². The highest BCUT2D eigenvalue weighted by Crippen LogP contribution is 2.24. The van der Waals surface area contributed by atoms with E-state index in [2.05, 4.69) is 9.97 Å². The first-order valence-electron chi connectivity index (χ1n) is 6.41. The first-order valence-corrected chi connectivity index (χ1v) is 6.41. The van der Waals surface area contributed by atoms with Crippen LogP contribution in [0.5, 0.6) is 0 Å². The van der Waals surface area contributed by atoms with Crippen LogP contribution in [-0.4, -0.2) is 29.2 Å². The molecule has 4 nitrogen and oxygen atoms in total. The predicted molar refractivity (Wildman–Crippen MR) is 66.8 cm³/mol. The molecule has 2 N–H and O–H groups in total. The molecule has 0 bridgehead atoms. The van der Waals surface area contributed by atoms with Gasteiger partial charge in [-0.2, -0.15) is 0 Å². The molecule has 1 aromatic rings. The van der Waals surface area contributed by atoms with Gasteiger partial charge in [-0.1, -0.05) is 0 Å². The molecule has 0 spiro atoms. The molecule has 0 aliphatic carbocycles. The first-order chi connectivity index (χ1) is 8.25. The third-order valence-corrected chi connectivity index (χ3v) is 3.19. The summed E-state index contributed by atoms with van der Waals surface area (Å²) in [5.41, 5.74) is 6.92. The highest BCUT2D eigenvalue weighted by molar-refractivity contribution is 5.09. The minimum Gasteiger partial charge on any atom is -0.381 e. The smallest absolute Gasteiger partial charge is 0.128 e. The molecule has 0 radical (unpaired) electrons. The van der Waals surface area contributed by atoms with Crippen LogP contribution in [0.15, 0.2) is 12.3 Å². The maximum atomic E-state index is 5.75. The summed E-state index contributed by atoms with van der Waals surface area (Å²) in [6.45, 7) is 3.72. The van der Waals surface area contributed by atoms with Crippen molar-refractivity contribution < 1.29 is 4.74 Å². The molecule has 1 aliphatic rings. The molecule has 1 unspecified atom stereocenters. The van der Waals surface area contributed by atoms with Gasteiger partial charge in [-0.25, -0.2) is 9.97 Å². The fourth-order valence-electron chi connectivity index (χ4n) is 2.11. The molecule has 0 aromatic carbocycles. The zero-order chi connectivity index (χ0) is 12.1. The Balaban J connectivity index is 2.00. The molecule has 2 rings (SSSR count). The van der Waals surface area contributed by atoms with Gasteiger partial charge in [0, 0.05) is 43.5 Å². The zero-order valence-electron chi connectivity index (χ0n) is 10.4. The topological polar surface area (TPSA) is 61.0 Å². The van der Waals surface area contributed by atoms with Gasteiger partial charge in [-0.15, -0.1) is 0 Å². The van der Waals surface area contributed by atoms with Crippen molar-refractivity contribution in [2.75, 3.05) is 13.2 Å². The largest absolute Gasteiger partial charge is 0.381 e. The molecule has 17 heavy (non-hydrogen) atoms. The number of rotatable bonds is 4. The van der Waals surface area contributed by atoms with Crippen molar-refractivity contribution in [1.29, 1.82) is 0 Å². The minimum atomic E-state index is 0.213. The second-order valence-electron chi connectivity index (χ2n) is 4.80. The molecule has 1 saturated heterocycles. The van der Waals surface area contributed by atoms with Crippen LogP contribution in [0, 0.1) is 0 Å². The zero-order valence-corrected chi connectivity index (χ0v) is 10.4. The quantitative estimate of drug-likeness (QED) is 0.862. The summed E-state index contributed by atoms with van der Waals surface area (Å²) >= 11 is 0. The van der Waals surface area contributed by atoms with Crippen LogP contribution in [0.4, 0.5) is 0 Å². The van der Waals surface area contributed by atoms with E-state index in [0.29, 0.717) is 5.92 Å². The Labute approximate surface area is 103 Å². The lowest BCUT2D eigenvalue weighted by molar-refractivity contribution is 0.0844. The van der Waals surface area contributed by atoms with E-state index < -0.39 is 0 Å². The fourth-order valence-corrected chi connectivity index (χ4v) is 2.11. The van der Waals surface area contributed by atoms with Crippen molar-refractivity contribution in [3.63, 3.8) is 0 Å². The Kier molecular flexibility index (Phi) is 4.45. The van der Waals surface area contributed by atoms with E-state index in [4.69, 9.17) is 10.5 Å². The molecule has 94 valence electrons. The van der Waals surface area contributed by atoms with Crippen LogP contribution >= 0.6 is 0 Å². The normalized spacial score (nSPS) is 19.2. The Morgan fingerprint density at radius 2 is 2.24 bits per heavy atom. The predicted octanol–water partition coefficient (Wildman–Crippen LogP) is 1.65. The minimum absolute atomic E-state index is 0.213. The van der Waals surface area contributed by atoms with Gasteiger partial charge in [-0.05, 0) is 32.3 Å². The molecule has 1 fully saturated rings. The monoisotopic (exact) mass is 235 g/mol. The van der Waals surface area contributed by atoms with Crippen LogP contribution in [0.3, 0.4) is 0 Å². The second kappa shape index (κ2) is 6.07. The molecule has 4 heteroatoms. The Hall–Kier alpha value is -1.00. The third kappa shape index (κ3) is 3.75. The van der Waals surface area contributed by atoms with Gasteiger partial charge < -0.3 is 10.5 Å². The van der Waals surface area contributed by atoms with Crippen LogP contribution in [0.2, 0.25) is 0 Å². The summed E-state index contributed by atoms with van der Waals surface area (Å²) < 4.78 is 5.37. The molecule has 0 saturated carbocycles. The Morgan fingerprint density at radius 3 is 2.94 bits per heavy atom. The van der Waals surface area contributed by atoms with Crippen molar-refractivity contribution in [1.82, 2.24) is 9.97 Å². The summed E-state index contributed by atoms with van der Waals surface area (Å²) in [7, 11) is 0. The summed E-state index contributed by atoms with van der Waals surface area (Å²) in [6.07, 6.45) is 5.83. The van der Waals surface area contributed by atoms with Crippen LogP contribution in [0.1, 0.15) is 43.6 Å². The highest BCUT2D eigenvalue weighted by Gasteiger charge is 2.17.